The summed E-state index contributed by atoms with van der Waals surface area (Å²) in [5, 5.41) is 7.24. The normalized spacial score (nSPS) is 20.5. The van der Waals surface area contributed by atoms with Crippen LogP contribution >= 0.6 is 0 Å². The highest BCUT2D eigenvalue weighted by molar-refractivity contribution is 5.94. The lowest BCUT2D eigenvalue weighted by atomic mass is 10.00. The number of H-pyrrole nitrogens is 1. The number of fused-ring (bicyclic) bond motifs is 1. The Morgan fingerprint density at radius 2 is 2.43 bits per heavy atom. The topological polar surface area (TPSA) is 71.1 Å². The van der Waals surface area contributed by atoms with Crippen LogP contribution in [0.25, 0.3) is 0 Å². The van der Waals surface area contributed by atoms with Gasteiger partial charge in [0, 0.05) is 43.2 Å². The lowest BCUT2D eigenvalue weighted by Gasteiger charge is -2.17. The summed E-state index contributed by atoms with van der Waals surface area (Å²) < 4.78 is 5.47. The molecule has 0 bridgehead atoms. The second-order valence-electron chi connectivity index (χ2n) is 6.30. The Labute approximate surface area is 134 Å². The molecule has 1 N–H and O–H groups in total. The van der Waals surface area contributed by atoms with Gasteiger partial charge in [0.15, 0.2) is 5.69 Å². The SMILES string of the molecule is O=C(c1n[nH]c2c1COCC2)N1CCC(Cc2cccnc2)C1. The molecule has 1 unspecified atom stereocenters. The standard InChI is InChI=1S/C17H20N4O2/c22-17(16-14-11-23-7-4-15(14)19-20-16)21-6-3-13(10-21)8-12-2-1-5-18-9-12/h1-2,5,9,13H,3-4,6-8,10-11H2,(H,19,20). The van der Waals surface area contributed by atoms with Crippen LogP contribution in [0.2, 0.25) is 0 Å². The Hall–Kier alpha value is -2.21. The Morgan fingerprint density at radius 3 is 3.30 bits per heavy atom. The first-order valence-electron chi connectivity index (χ1n) is 8.13. The lowest BCUT2D eigenvalue weighted by Crippen LogP contribution is -2.30. The lowest BCUT2D eigenvalue weighted by molar-refractivity contribution is 0.0766. The monoisotopic (exact) mass is 312 g/mol. The van der Waals surface area contributed by atoms with Crippen LogP contribution in [0.4, 0.5) is 0 Å². The third-order valence-corrected chi connectivity index (χ3v) is 4.72. The van der Waals surface area contributed by atoms with E-state index < -0.39 is 0 Å². The van der Waals surface area contributed by atoms with E-state index in [-0.39, 0.29) is 5.91 Å². The van der Waals surface area contributed by atoms with Gasteiger partial charge >= 0.3 is 0 Å². The predicted octanol–water partition coefficient (Wildman–Crippen LogP) is 1.58. The van der Waals surface area contributed by atoms with Crippen molar-refractivity contribution in [3.8, 4) is 0 Å². The van der Waals surface area contributed by atoms with Gasteiger partial charge in [-0.05, 0) is 30.4 Å². The summed E-state index contributed by atoms with van der Waals surface area (Å²) in [7, 11) is 0. The fourth-order valence-electron chi connectivity index (χ4n) is 3.47. The number of pyridine rings is 1. The van der Waals surface area contributed by atoms with Gasteiger partial charge in [0.05, 0.1) is 13.2 Å². The first kappa shape index (κ1) is 14.4. The number of aromatic nitrogens is 3. The van der Waals surface area contributed by atoms with Crippen molar-refractivity contribution in [3.05, 3.63) is 47.0 Å². The number of aromatic amines is 1. The van der Waals surface area contributed by atoms with Gasteiger partial charge in [-0.15, -0.1) is 0 Å². The van der Waals surface area contributed by atoms with Crippen LogP contribution in [0, 0.1) is 5.92 Å². The van der Waals surface area contributed by atoms with Gasteiger partial charge in [-0.3, -0.25) is 14.9 Å². The van der Waals surface area contributed by atoms with E-state index in [1.807, 2.05) is 17.2 Å². The molecule has 4 rings (SSSR count). The minimum atomic E-state index is 0.0293. The minimum absolute atomic E-state index is 0.0293. The van der Waals surface area contributed by atoms with Crippen LogP contribution in [0.15, 0.2) is 24.5 Å². The smallest absolute Gasteiger partial charge is 0.274 e. The third-order valence-electron chi connectivity index (χ3n) is 4.72. The van der Waals surface area contributed by atoms with Crippen LogP contribution in [0.1, 0.15) is 33.7 Å². The zero-order chi connectivity index (χ0) is 15.6. The van der Waals surface area contributed by atoms with Gasteiger partial charge in [-0.2, -0.15) is 5.10 Å². The van der Waals surface area contributed by atoms with Gasteiger partial charge in [-0.1, -0.05) is 6.07 Å². The maximum atomic E-state index is 12.8. The number of carbonyl (C=O) groups is 1. The average molecular weight is 312 g/mol. The molecule has 2 aliphatic rings. The van der Waals surface area contributed by atoms with Crippen LogP contribution < -0.4 is 0 Å². The summed E-state index contributed by atoms with van der Waals surface area (Å²) in [6.45, 7) is 2.77. The second-order valence-corrected chi connectivity index (χ2v) is 6.30. The molecule has 2 aromatic rings. The molecule has 0 spiro atoms. The number of nitrogens with zero attached hydrogens (tertiary/aromatic N) is 3. The maximum Gasteiger partial charge on any atom is 0.274 e. The van der Waals surface area contributed by atoms with Gasteiger partial charge in [0.2, 0.25) is 0 Å². The first-order valence-corrected chi connectivity index (χ1v) is 8.13. The molecule has 2 aliphatic heterocycles. The summed E-state index contributed by atoms with van der Waals surface area (Å²) in [6.07, 6.45) is 6.51. The number of carbonyl (C=O) groups excluding carboxylic acids is 1. The molecule has 1 fully saturated rings. The van der Waals surface area contributed by atoms with E-state index in [1.165, 1.54) is 5.56 Å². The summed E-state index contributed by atoms with van der Waals surface area (Å²) in [5.74, 6) is 0.524. The molecule has 0 aliphatic carbocycles. The molecule has 4 heterocycles. The summed E-state index contributed by atoms with van der Waals surface area (Å²) >= 11 is 0. The predicted molar refractivity (Wildman–Crippen MR) is 83.9 cm³/mol. The number of hydrogen-bond acceptors (Lipinski definition) is 4. The number of nitrogens with one attached hydrogen (secondary N) is 1. The summed E-state index contributed by atoms with van der Waals surface area (Å²) in [5.41, 5.74) is 3.77. The van der Waals surface area contributed by atoms with Crippen molar-refractivity contribution in [1.82, 2.24) is 20.1 Å². The summed E-state index contributed by atoms with van der Waals surface area (Å²) in [6, 6.07) is 4.06. The van der Waals surface area contributed by atoms with Crippen molar-refractivity contribution in [1.29, 1.82) is 0 Å². The molecule has 2 aromatic heterocycles. The van der Waals surface area contributed by atoms with E-state index in [4.69, 9.17) is 4.74 Å². The Morgan fingerprint density at radius 1 is 1.48 bits per heavy atom. The highest BCUT2D eigenvalue weighted by Gasteiger charge is 2.31. The number of rotatable bonds is 3. The zero-order valence-electron chi connectivity index (χ0n) is 13.0. The van der Waals surface area contributed by atoms with Gasteiger partial charge < -0.3 is 9.64 Å². The van der Waals surface area contributed by atoms with Gasteiger partial charge in [0.1, 0.15) is 0 Å². The zero-order valence-corrected chi connectivity index (χ0v) is 13.0. The molecule has 0 radical (unpaired) electrons. The fourth-order valence-corrected chi connectivity index (χ4v) is 3.47. The molecule has 6 nitrogen and oxygen atoms in total. The van der Waals surface area contributed by atoms with Crippen LogP contribution in [0.3, 0.4) is 0 Å². The maximum absolute atomic E-state index is 12.8. The quantitative estimate of drug-likeness (QED) is 0.934. The van der Waals surface area contributed by atoms with Crippen molar-refractivity contribution in [2.45, 2.75) is 25.9 Å². The van der Waals surface area contributed by atoms with Crippen LogP contribution in [-0.4, -0.2) is 45.7 Å². The molecular formula is C17H20N4O2. The molecule has 0 saturated carbocycles. The molecule has 0 aromatic carbocycles. The Balaban J connectivity index is 1.43. The first-order chi connectivity index (χ1) is 11.3. The molecular weight excluding hydrogens is 292 g/mol. The molecule has 6 heteroatoms. The third kappa shape index (κ3) is 2.86. The van der Waals surface area contributed by atoms with E-state index >= 15 is 0 Å². The van der Waals surface area contributed by atoms with Crippen LogP contribution in [0.5, 0.6) is 0 Å². The average Bonchev–Trinajstić information content (AvgIpc) is 3.22. The number of amides is 1. The van der Waals surface area contributed by atoms with Crippen molar-refractivity contribution >= 4 is 5.91 Å². The van der Waals surface area contributed by atoms with Crippen molar-refractivity contribution in [2.24, 2.45) is 5.92 Å². The van der Waals surface area contributed by atoms with Gasteiger partial charge in [-0.25, -0.2) is 0 Å². The minimum Gasteiger partial charge on any atom is -0.376 e. The van der Waals surface area contributed by atoms with Crippen molar-refractivity contribution in [2.75, 3.05) is 19.7 Å². The highest BCUT2D eigenvalue weighted by Crippen LogP contribution is 2.24. The molecule has 1 amide bonds. The van der Waals surface area contributed by atoms with Gasteiger partial charge in [0.25, 0.3) is 5.91 Å². The number of hydrogen-bond donors (Lipinski definition) is 1. The van der Waals surface area contributed by atoms with Crippen LogP contribution in [-0.2, 0) is 24.2 Å². The van der Waals surface area contributed by atoms with Crippen molar-refractivity contribution in [3.63, 3.8) is 0 Å². The molecule has 23 heavy (non-hydrogen) atoms. The van der Waals surface area contributed by atoms with E-state index in [2.05, 4.69) is 21.2 Å². The Kier molecular flexibility index (Phi) is 3.83. The Bertz CT molecular complexity index is 698. The van der Waals surface area contributed by atoms with Crippen molar-refractivity contribution < 1.29 is 9.53 Å². The van der Waals surface area contributed by atoms with E-state index in [1.54, 1.807) is 6.20 Å². The fraction of sp³-hybridized carbons (Fsp3) is 0.471. The largest absolute Gasteiger partial charge is 0.376 e. The van der Waals surface area contributed by atoms with E-state index in [0.29, 0.717) is 24.8 Å². The van der Waals surface area contributed by atoms with E-state index in [9.17, 15) is 4.79 Å². The molecule has 1 saturated heterocycles. The highest BCUT2D eigenvalue weighted by atomic mass is 16.5. The molecule has 120 valence electrons. The van der Waals surface area contributed by atoms with E-state index in [0.717, 1.165) is 43.6 Å². The number of likely N-dealkylation sites (tertiary alicyclic amines) is 1. The number of ether oxygens (including phenoxy) is 1. The molecule has 1 atom stereocenters. The summed E-state index contributed by atoms with van der Waals surface area (Å²) in [4.78, 5) is 18.8. The second kappa shape index (κ2) is 6.12.